The molecule has 104 valence electrons. The number of carbonyl (C=O) groups is 1. The van der Waals surface area contributed by atoms with Crippen LogP contribution in [-0.4, -0.2) is 11.9 Å². The lowest BCUT2D eigenvalue weighted by Gasteiger charge is -2.13. The van der Waals surface area contributed by atoms with Crippen LogP contribution in [0.5, 0.6) is 5.75 Å². The van der Waals surface area contributed by atoms with E-state index >= 15 is 0 Å². The lowest BCUT2D eigenvalue weighted by molar-refractivity contribution is 0.103. The molecule has 0 spiro atoms. The number of para-hydroxylation sites is 1. The van der Waals surface area contributed by atoms with Gasteiger partial charge in [-0.2, -0.15) is 0 Å². The molecule has 0 fully saturated rings. The van der Waals surface area contributed by atoms with Gasteiger partial charge in [0, 0.05) is 15.1 Å². The number of ketones is 1. The third-order valence-electron chi connectivity index (χ3n) is 2.62. The Morgan fingerprint density at radius 2 is 1.90 bits per heavy atom. The molecule has 2 aromatic rings. The molecule has 0 unspecified atom stereocenters. The van der Waals surface area contributed by atoms with Gasteiger partial charge in [0.25, 0.3) is 0 Å². The van der Waals surface area contributed by atoms with Gasteiger partial charge in [-0.25, -0.2) is 0 Å². The Hall–Kier alpha value is -1.32. The Labute approximate surface area is 131 Å². The van der Waals surface area contributed by atoms with Gasteiger partial charge in [0.15, 0.2) is 5.78 Å². The first-order chi connectivity index (χ1) is 9.47. The minimum atomic E-state index is -0.107. The monoisotopic (exact) mass is 352 g/mol. The fourth-order valence-electron chi connectivity index (χ4n) is 1.85. The van der Waals surface area contributed by atoms with Crippen LogP contribution in [-0.2, 0) is 0 Å². The Morgan fingerprint density at radius 3 is 2.55 bits per heavy atom. The minimum absolute atomic E-state index is 0.00930. The van der Waals surface area contributed by atoms with E-state index in [0.717, 1.165) is 4.47 Å². The van der Waals surface area contributed by atoms with Crippen molar-refractivity contribution < 1.29 is 9.53 Å². The van der Waals surface area contributed by atoms with E-state index in [9.17, 15) is 4.79 Å². The van der Waals surface area contributed by atoms with E-state index in [-0.39, 0.29) is 11.9 Å². The quantitative estimate of drug-likeness (QED) is 0.713. The number of halogens is 2. The first kappa shape index (κ1) is 15.1. The second-order valence-electron chi connectivity index (χ2n) is 4.65. The Balaban J connectivity index is 2.42. The molecule has 0 aliphatic carbocycles. The van der Waals surface area contributed by atoms with E-state index in [1.165, 1.54) is 0 Å². The molecule has 0 radical (unpaired) electrons. The van der Waals surface area contributed by atoms with Gasteiger partial charge in [-0.3, -0.25) is 4.79 Å². The Bertz CT molecular complexity index is 618. The lowest BCUT2D eigenvalue weighted by Crippen LogP contribution is -2.10. The van der Waals surface area contributed by atoms with Crippen molar-refractivity contribution in [2.45, 2.75) is 20.0 Å². The predicted molar refractivity (Wildman–Crippen MR) is 84.8 cm³/mol. The molecule has 0 aromatic heterocycles. The highest BCUT2D eigenvalue weighted by atomic mass is 79.9. The molecule has 0 atom stereocenters. The zero-order valence-corrected chi connectivity index (χ0v) is 13.5. The van der Waals surface area contributed by atoms with Crippen LogP contribution in [0.15, 0.2) is 46.9 Å². The summed E-state index contributed by atoms with van der Waals surface area (Å²) >= 11 is 9.34. The first-order valence-electron chi connectivity index (χ1n) is 6.24. The molecular weight excluding hydrogens is 340 g/mol. The van der Waals surface area contributed by atoms with Crippen molar-refractivity contribution in [1.29, 1.82) is 0 Å². The number of rotatable bonds is 4. The molecule has 0 aliphatic heterocycles. The standard InChI is InChI=1S/C16H14BrClO2/c1-10(2)20-15-6-4-3-5-14(15)16(19)11-7-12(17)9-13(18)8-11/h3-10H,1-2H3. The van der Waals surface area contributed by atoms with Crippen molar-refractivity contribution in [2.75, 3.05) is 0 Å². The van der Waals surface area contributed by atoms with Crippen molar-refractivity contribution in [1.82, 2.24) is 0 Å². The van der Waals surface area contributed by atoms with Crippen LogP contribution in [0.3, 0.4) is 0 Å². The fourth-order valence-corrected chi connectivity index (χ4v) is 2.71. The second-order valence-corrected chi connectivity index (χ2v) is 6.00. The molecule has 0 heterocycles. The molecule has 0 saturated heterocycles. The average Bonchev–Trinajstić information content (AvgIpc) is 2.36. The predicted octanol–water partition coefficient (Wildman–Crippen LogP) is 5.12. The number of benzene rings is 2. The van der Waals surface area contributed by atoms with Gasteiger partial charge in [0.05, 0.1) is 11.7 Å². The largest absolute Gasteiger partial charge is 0.490 e. The fraction of sp³-hybridized carbons (Fsp3) is 0.188. The Morgan fingerprint density at radius 1 is 1.20 bits per heavy atom. The third kappa shape index (κ3) is 3.62. The van der Waals surface area contributed by atoms with Crippen LogP contribution in [0.2, 0.25) is 5.02 Å². The normalized spacial score (nSPS) is 10.7. The summed E-state index contributed by atoms with van der Waals surface area (Å²) in [5.74, 6) is 0.480. The second kappa shape index (κ2) is 6.42. The Kier molecular flexibility index (Phi) is 4.84. The molecule has 2 aromatic carbocycles. The average molecular weight is 354 g/mol. The summed E-state index contributed by atoms with van der Waals surface area (Å²) in [6, 6.07) is 12.4. The van der Waals surface area contributed by atoms with Crippen molar-refractivity contribution in [3.63, 3.8) is 0 Å². The van der Waals surface area contributed by atoms with E-state index in [1.54, 1.807) is 30.3 Å². The molecule has 0 amide bonds. The third-order valence-corrected chi connectivity index (χ3v) is 3.30. The lowest BCUT2D eigenvalue weighted by atomic mass is 10.0. The van der Waals surface area contributed by atoms with Crippen LogP contribution in [0.4, 0.5) is 0 Å². The zero-order valence-electron chi connectivity index (χ0n) is 11.2. The molecule has 2 nitrogen and oxygen atoms in total. The topological polar surface area (TPSA) is 26.3 Å². The van der Waals surface area contributed by atoms with Gasteiger partial charge < -0.3 is 4.74 Å². The maximum absolute atomic E-state index is 12.6. The first-order valence-corrected chi connectivity index (χ1v) is 7.41. The number of hydrogen-bond acceptors (Lipinski definition) is 2. The summed E-state index contributed by atoms with van der Waals surface area (Å²) in [5, 5.41) is 0.519. The molecular formula is C16H14BrClO2. The van der Waals surface area contributed by atoms with E-state index in [1.807, 2.05) is 26.0 Å². The minimum Gasteiger partial charge on any atom is -0.490 e. The summed E-state index contributed by atoms with van der Waals surface area (Å²) in [6.45, 7) is 3.86. The smallest absolute Gasteiger partial charge is 0.196 e. The van der Waals surface area contributed by atoms with Crippen molar-refractivity contribution >= 4 is 33.3 Å². The van der Waals surface area contributed by atoms with E-state index < -0.39 is 0 Å². The highest BCUT2D eigenvalue weighted by Crippen LogP contribution is 2.26. The van der Waals surface area contributed by atoms with Gasteiger partial charge in [0.1, 0.15) is 5.75 Å². The van der Waals surface area contributed by atoms with Crippen molar-refractivity contribution in [3.05, 3.63) is 63.1 Å². The highest BCUT2D eigenvalue weighted by molar-refractivity contribution is 9.10. The van der Waals surface area contributed by atoms with E-state index in [0.29, 0.717) is 21.9 Å². The maximum Gasteiger partial charge on any atom is 0.196 e. The molecule has 2 rings (SSSR count). The van der Waals surface area contributed by atoms with Gasteiger partial charge >= 0.3 is 0 Å². The maximum atomic E-state index is 12.6. The van der Waals surface area contributed by atoms with E-state index in [4.69, 9.17) is 16.3 Å². The van der Waals surface area contributed by atoms with Gasteiger partial charge in [-0.15, -0.1) is 0 Å². The molecule has 0 saturated carbocycles. The van der Waals surface area contributed by atoms with Crippen LogP contribution in [0.25, 0.3) is 0 Å². The molecule has 0 bridgehead atoms. The summed E-state index contributed by atoms with van der Waals surface area (Å²) in [4.78, 5) is 12.6. The van der Waals surface area contributed by atoms with E-state index in [2.05, 4.69) is 15.9 Å². The van der Waals surface area contributed by atoms with Crippen LogP contribution < -0.4 is 4.74 Å². The summed E-state index contributed by atoms with van der Waals surface area (Å²) < 4.78 is 6.46. The molecule has 0 aliphatic rings. The van der Waals surface area contributed by atoms with Crippen LogP contribution in [0, 0.1) is 0 Å². The van der Waals surface area contributed by atoms with Gasteiger partial charge in [0.2, 0.25) is 0 Å². The molecule has 4 heteroatoms. The highest BCUT2D eigenvalue weighted by Gasteiger charge is 2.16. The number of ether oxygens (including phenoxy) is 1. The SMILES string of the molecule is CC(C)Oc1ccccc1C(=O)c1cc(Cl)cc(Br)c1. The van der Waals surface area contributed by atoms with Crippen molar-refractivity contribution in [2.24, 2.45) is 0 Å². The summed E-state index contributed by atoms with van der Waals surface area (Å²) in [6.07, 6.45) is 0.00930. The zero-order chi connectivity index (χ0) is 14.7. The number of hydrogen-bond donors (Lipinski definition) is 0. The van der Waals surface area contributed by atoms with Crippen LogP contribution >= 0.6 is 27.5 Å². The molecule has 0 N–H and O–H groups in total. The number of carbonyl (C=O) groups excluding carboxylic acids is 1. The van der Waals surface area contributed by atoms with Crippen LogP contribution in [0.1, 0.15) is 29.8 Å². The molecule has 20 heavy (non-hydrogen) atoms. The van der Waals surface area contributed by atoms with Gasteiger partial charge in [-0.05, 0) is 44.2 Å². The van der Waals surface area contributed by atoms with Gasteiger partial charge in [-0.1, -0.05) is 39.7 Å². The van der Waals surface area contributed by atoms with Crippen molar-refractivity contribution in [3.8, 4) is 5.75 Å². The summed E-state index contributed by atoms with van der Waals surface area (Å²) in [7, 11) is 0. The summed E-state index contributed by atoms with van der Waals surface area (Å²) in [5.41, 5.74) is 1.07.